The molecule has 0 radical (unpaired) electrons. The zero-order chi connectivity index (χ0) is 17.3. The quantitative estimate of drug-likeness (QED) is 0.769. The summed E-state index contributed by atoms with van der Waals surface area (Å²) in [7, 11) is 0. The number of hydrogen-bond acceptors (Lipinski definition) is 3. The van der Waals surface area contributed by atoms with E-state index in [-0.39, 0.29) is 5.56 Å². The molecule has 1 aromatic carbocycles. The molecule has 126 valence electrons. The fourth-order valence-corrected chi connectivity index (χ4v) is 2.97. The third-order valence-electron chi connectivity index (χ3n) is 4.39. The molecule has 7 heteroatoms. The molecular formula is C16H19F2NO4. The highest BCUT2D eigenvalue weighted by Gasteiger charge is 2.45. The van der Waals surface area contributed by atoms with Crippen LogP contribution in [0, 0.1) is 11.6 Å². The number of benzene rings is 1. The topological polar surface area (TPSA) is 86.6 Å². The van der Waals surface area contributed by atoms with Crippen molar-refractivity contribution in [1.82, 2.24) is 5.32 Å². The van der Waals surface area contributed by atoms with Crippen LogP contribution in [0.1, 0.15) is 38.2 Å². The standard InChI is InChI=1S/C16H19F2NO4/c1-15(23,14(21)22)9-19-13(20)16(6-2-3-7-16)11-5-4-10(17)8-12(11)18/h4-5,8,23H,2-3,6-7,9H2,1H3,(H,19,20)(H,21,22). The van der Waals surface area contributed by atoms with Gasteiger partial charge < -0.3 is 15.5 Å². The normalized spacial score (nSPS) is 19.1. The van der Waals surface area contributed by atoms with Crippen LogP contribution in [0.3, 0.4) is 0 Å². The average molecular weight is 327 g/mol. The van der Waals surface area contributed by atoms with E-state index in [9.17, 15) is 23.5 Å². The van der Waals surface area contributed by atoms with Crippen molar-refractivity contribution in [3.8, 4) is 0 Å². The summed E-state index contributed by atoms with van der Waals surface area (Å²) in [4.78, 5) is 23.5. The van der Waals surface area contributed by atoms with Crippen molar-refractivity contribution in [2.75, 3.05) is 6.54 Å². The summed E-state index contributed by atoms with van der Waals surface area (Å²) in [5.74, 6) is -3.55. The van der Waals surface area contributed by atoms with E-state index in [4.69, 9.17) is 5.11 Å². The molecule has 0 aromatic heterocycles. The number of aliphatic hydroxyl groups is 1. The van der Waals surface area contributed by atoms with Crippen molar-refractivity contribution >= 4 is 11.9 Å². The number of carboxylic acid groups (broad SMARTS) is 1. The van der Waals surface area contributed by atoms with E-state index in [1.165, 1.54) is 6.07 Å². The summed E-state index contributed by atoms with van der Waals surface area (Å²) in [6.45, 7) is 0.571. The van der Waals surface area contributed by atoms with E-state index >= 15 is 0 Å². The maximum atomic E-state index is 14.1. The molecule has 0 saturated heterocycles. The largest absolute Gasteiger partial charge is 0.479 e. The Morgan fingerprint density at radius 3 is 2.43 bits per heavy atom. The number of aliphatic carboxylic acids is 1. The fourth-order valence-electron chi connectivity index (χ4n) is 2.97. The van der Waals surface area contributed by atoms with E-state index < -0.39 is 41.1 Å². The van der Waals surface area contributed by atoms with Gasteiger partial charge in [0.15, 0.2) is 5.60 Å². The second kappa shape index (κ2) is 6.23. The molecule has 1 aromatic rings. The minimum atomic E-state index is -2.11. The number of hydrogen-bond donors (Lipinski definition) is 3. The molecule has 1 atom stereocenters. The van der Waals surface area contributed by atoms with Crippen LogP contribution in [0.4, 0.5) is 8.78 Å². The van der Waals surface area contributed by atoms with Crippen molar-refractivity contribution in [2.24, 2.45) is 0 Å². The van der Waals surface area contributed by atoms with Gasteiger partial charge in [-0.3, -0.25) is 4.79 Å². The lowest BCUT2D eigenvalue weighted by Gasteiger charge is -2.30. The van der Waals surface area contributed by atoms with Crippen LogP contribution in [0.5, 0.6) is 0 Å². The highest BCUT2D eigenvalue weighted by molar-refractivity contribution is 5.89. The van der Waals surface area contributed by atoms with Crippen molar-refractivity contribution in [3.05, 3.63) is 35.4 Å². The number of carbonyl (C=O) groups is 2. The van der Waals surface area contributed by atoms with E-state index in [0.717, 1.165) is 19.1 Å². The lowest BCUT2D eigenvalue weighted by Crippen LogP contribution is -2.51. The molecule has 5 nitrogen and oxygen atoms in total. The number of carboxylic acids is 1. The first-order valence-electron chi connectivity index (χ1n) is 7.39. The fraction of sp³-hybridized carbons (Fsp3) is 0.500. The third kappa shape index (κ3) is 3.34. The molecule has 2 rings (SSSR count). The Hall–Kier alpha value is -2.02. The average Bonchev–Trinajstić information content (AvgIpc) is 2.95. The van der Waals surface area contributed by atoms with Gasteiger partial charge in [0.2, 0.25) is 5.91 Å². The predicted molar refractivity (Wildman–Crippen MR) is 77.8 cm³/mol. The van der Waals surface area contributed by atoms with Crippen molar-refractivity contribution in [1.29, 1.82) is 0 Å². The van der Waals surface area contributed by atoms with Crippen LogP contribution in [0.25, 0.3) is 0 Å². The molecule has 0 bridgehead atoms. The Morgan fingerprint density at radius 1 is 1.30 bits per heavy atom. The van der Waals surface area contributed by atoms with E-state index in [2.05, 4.69) is 5.32 Å². The summed E-state index contributed by atoms with van der Waals surface area (Å²) >= 11 is 0. The first kappa shape index (κ1) is 17.3. The Morgan fingerprint density at radius 2 is 1.91 bits per heavy atom. The molecule has 1 saturated carbocycles. The molecular weight excluding hydrogens is 308 g/mol. The Kier molecular flexibility index (Phi) is 4.70. The van der Waals surface area contributed by atoms with Crippen LogP contribution in [0.15, 0.2) is 18.2 Å². The molecule has 1 aliphatic rings. The van der Waals surface area contributed by atoms with Gasteiger partial charge in [-0.05, 0) is 25.8 Å². The summed E-state index contributed by atoms with van der Waals surface area (Å²) in [5.41, 5.74) is -3.17. The molecule has 3 N–H and O–H groups in total. The zero-order valence-electron chi connectivity index (χ0n) is 12.7. The van der Waals surface area contributed by atoms with Crippen molar-refractivity contribution in [2.45, 2.75) is 43.6 Å². The van der Waals surface area contributed by atoms with Gasteiger partial charge in [-0.1, -0.05) is 18.9 Å². The molecule has 1 fully saturated rings. The minimum absolute atomic E-state index is 0.101. The number of halogens is 2. The second-order valence-electron chi connectivity index (χ2n) is 6.18. The molecule has 23 heavy (non-hydrogen) atoms. The van der Waals surface area contributed by atoms with Crippen LogP contribution >= 0.6 is 0 Å². The Labute approximate surface area is 132 Å². The molecule has 0 heterocycles. The number of carbonyl (C=O) groups excluding carboxylic acids is 1. The van der Waals surface area contributed by atoms with Crippen LogP contribution in [0.2, 0.25) is 0 Å². The SMILES string of the molecule is CC(O)(CNC(=O)C1(c2ccc(F)cc2F)CCCC1)C(=O)O. The number of amides is 1. The van der Waals surface area contributed by atoms with Gasteiger partial charge in [-0.2, -0.15) is 0 Å². The molecule has 1 unspecified atom stereocenters. The number of rotatable bonds is 5. The number of nitrogens with one attached hydrogen (secondary N) is 1. The van der Waals surface area contributed by atoms with Gasteiger partial charge in [0.25, 0.3) is 0 Å². The Bertz CT molecular complexity index is 625. The Balaban J connectivity index is 2.27. The first-order chi connectivity index (χ1) is 10.7. The second-order valence-corrected chi connectivity index (χ2v) is 6.18. The highest BCUT2D eigenvalue weighted by Crippen LogP contribution is 2.42. The zero-order valence-corrected chi connectivity index (χ0v) is 12.7. The smallest absolute Gasteiger partial charge is 0.337 e. The first-order valence-corrected chi connectivity index (χ1v) is 7.39. The van der Waals surface area contributed by atoms with Gasteiger partial charge >= 0.3 is 5.97 Å². The van der Waals surface area contributed by atoms with Gasteiger partial charge in [0.1, 0.15) is 11.6 Å². The molecule has 0 spiro atoms. The summed E-state index contributed by atoms with van der Waals surface area (Å²) in [6.07, 6.45) is 2.19. The van der Waals surface area contributed by atoms with Gasteiger partial charge in [0, 0.05) is 11.6 Å². The lowest BCUT2D eigenvalue weighted by molar-refractivity contribution is -0.156. The molecule has 1 amide bonds. The highest BCUT2D eigenvalue weighted by atomic mass is 19.1. The van der Waals surface area contributed by atoms with Gasteiger partial charge in [0.05, 0.1) is 12.0 Å². The van der Waals surface area contributed by atoms with E-state index in [1.54, 1.807) is 0 Å². The van der Waals surface area contributed by atoms with Gasteiger partial charge in [-0.25, -0.2) is 13.6 Å². The third-order valence-corrected chi connectivity index (χ3v) is 4.39. The maximum absolute atomic E-state index is 14.1. The monoisotopic (exact) mass is 327 g/mol. The minimum Gasteiger partial charge on any atom is -0.479 e. The molecule has 1 aliphatic carbocycles. The summed E-state index contributed by atoms with van der Waals surface area (Å²) in [6, 6.07) is 3.08. The van der Waals surface area contributed by atoms with Crippen molar-refractivity contribution < 1.29 is 28.6 Å². The van der Waals surface area contributed by atoms with Crippen LogP contribution in [-0.2, 0) is 15.0 Å². The summed E-state index contributed by atoms with van der Waals surface area (Å²) in [5, 5.41) is 21.0. The van der Waals surface area contributed by atoms with Gasteiger partial charge in [-0.15, -0.1) is 0 Å². The van der Waals surface area contributed by atoms with Crippen LogP contribution < -0.4 is 5.32 Å². The molecule has 0 aliphatic heterocycles. The van der Waals surface area contributed by atoms with E-state index in [0.29, 0.717) is 25.7 Å². The summed E-state index contributed by atoms with van der Waals surface area (Å²) < 4.78 is 27.3. The lowest BCUT2D eigenvalue weighted by atomic mass is 9.77. The van der Waals surface area contributed by atoms with E-state index in [1.807, 2.05) is 0 Å². The predicted octanol–water partition coefficient (Wildman–Crippen LogP) is 1.73. The maximum Gasteiger partial charge on any atom is 0.337 e. The van der Waals surface area contributed by atoms with Crippen LogP contribution in [-0.4, -0.2) is 34.2 Å². The van der Waals surface area contributed by atoms with Crippen molar-refractivity contribution in [3.63, 3.8) is 0 Å².